The zero-order valence-electron chi connectivity index (χ0n) is 25.5. The molecule has 2 aliphatic heterocycles. The van der Waals surface area contributed by atoms with Crippen LogP contribution in [-0.4, -0.2) is 18.0 Å². The van der Waals surface area contributed by atoms with Gasteiger partial charge in [-0.25, -0.2) is 0 Å². The first-order chi connectivity index (χ1) is 23.3. The number of aromatic nitrogens is 1. The van der Waals surface area contributed by atoms with Gasteiger partial charge in [-0.3, -0.25) is 0 Å². The zero-order valence-corrected chi connectivity index (χ0v) is 25.5. The second kappa shape index (κ2) is 10.3. The summed E-state index contributed by atoms with van der Waals surface area (Å²) in [6, 6.07) is 58.3. The quantitative estimate of drug-likeness (QED) is 0.232. The van der Waals surface area contributed by atoms with Crippen molar-refractivity contribution in [3.05, 3.63) is 164 Å². The lowest BCUT2D eigenvalue weighted by Gasteiger charge is -2.34. The zero-order chi connectivity index (χ0) is 30.9. The van der Waals surface area contributed by atoms with Crippen molar-refractivity contribution in [3.8, 4) is 28.7 Å². The summed E-state index contributed by atoms with van der Waals surface area (Å²) in [6.07, 6.45) is 0. The first-order valence-electron chi connectivity index (χ1n) is 16.2. The van der Waals surface area contributed by atoms with E-state index in [4.69, 9.17) is 9.47 Å². The van der Waals surface area contributed by atoms with Gasteiger partial charge in [0.2, 0.25) is 0 Å². The van der Waals surface area contributed by atoms with Crippen LogP contribution in [0, 0.1) is 0 Å². The Bertz CT molecular complexity index is 2450. The van der Waals surface area contributed by atoms with Gasteiger partial charge in [-0.05, 0) is 58.2 Å². The van der Waals surface area contributed by atoms with E-state index in [1.54, 1.807) is 0 Å². The molecule has 0 saturated carbocycles. The van der Waals surface area contributed by atoms with Crippen molar-refractivity contribution in [2.45, 2.75) is 0 Å². The van der Waals surface area contributed by atoms with E-state index < -0.39 is 0 Å². The molecule has 0 amide bonds. The van der Waals surface area contributed by atoms with Crippen LogP contribution in [-0.2, 0) is 0 Å². The lowest BCUT2D eigenvalue weighted by Crippen LogP contribution is -2.60. The number of fused-ring (bicyclic) bond motifs is 8. The van der Waals surface area contributed by atoms with Gasteiger partial charge in [0.05, 0.1) is 11.0 Å². The topological polar surface area (TPSA) is 23.4 Å². The van der Waals surface area contributed by atoms with E-state index >= 15 is 0 Å². The molecule has 0 radical (unpaired) electrons. The number of hydrogen-bond acceptors (Lipinski definition) is 2. The third-order valence-corrected chi connectivity index (χ3v) is 9.88. The van der Waals surface area contributed by atoms with Crippen LogP contribution >= 0.6 is 0 Å². The van der Waals surface area contributed by atoms with Gasteiger partial charge in [-0.2, -0.15) is 0 Å². The third-order valence-electron chi connectivity index (χ3n) is 9.88. The molecule has 8 aromatic rings. The number of nitrogens with zero attached hydrogens (tertiary/aromatic N) is 1. The Morgan fingerprint density at radius 1 is 0.383 bits per heavy atom. The van der Waals surface area contributed by atoms with Crippen LogP contribution in [0.4, 0.5) is 0 Å². The maximum atomic E-state index is 6.98. The fourth-order valence-corrected chi connectivity index (χ4v) is 7.92. The Morgan fingerprint density at radius 3 is 1.66 bits per heavy atom. The molecule has 0 saturated heterocycles. The number of ether oxygens (including phenoxy) is 2. The fraction of sp³-hybridized carbons (Fsp3) is 0. The highest BCUT2D eigenvalue weighted by Crippen LogP contribution is 2.34. The van der Waals surface area contributed by atoms with Crippen molar-refractivity contribution < 1.29 is 9.47 Å². The molecular weight excluding hydrogens is 572 g/mol. The molecule has 0 unspecified atom stereocenters. The van der Waals surface area contributed by atoms with Gasteiger partial charge in [0.1, 0.15) is 23.0 Å². The molecule has 218 valence electrons. The Kier molecular flexibility index (Phi) is 5.76. The summed E-state index contributed by atoms with van der Waals surface area (Å²) in [4.78, 5) is 0. The smallest absolute Gasteiger partial charge is 0.255 e. The first kappa shape index (κ1) is 26.3. The average molecular weight is 599 g/mol. The molecule has 3 heterocycles. The fourth-order valence-electron chi connectivity index (χ4n) is 7.92. The minimum atomic E-state index is -0.0648. The lowest BCUT2D eigenvalue weighted by atomic mass is 9.32. The Morgan fingerprint density at radius 2 is 0.936 bits per heavy atom. The lowest BCUT2D eigenvalue weighted by molar-refractivity contribution is 0.469. The molecule has 0 bridgehead atoms. The van der Waals surface area contributed by atoms with Crippen molar-refractivity contribution in [1.29, 1.82) is 0 Å². The third kappa shape index (κ3) is 3.90. The molecule has 3 nitrogen and oxygen atoms in total. The predicted octanol–water partition coefficient (Wildman–Crippen LogP) is 6.03. The van der Waals surface area contributed by atoms with Crippen LogP contribution in [0.5, 0.6) is 23.0 Å². The van der Waals surface area contributed by atoms with E-state index in [0.29, 0.717) is 0 Å². The molecule has 10 rings (SSSR count). The highest BCUT2D eigenvalue weighted by Gasteiger charge is 2.41. The monoisotopic (exact) mass is 599 g/mol. The summed E-state index contributed by atoms with van der Waals surface area (Å²) in [6.45, 7) is -0.102. The summed E-state index contributed by atoms with van der Waals surface area (Å²) in [5, 5.41) is 2.50. The molecule has 0 fully saturated rings. The molecule has 0 spiro atoms. The van der Waals surface area contributed by atoms with Crippen molar-refractivity contribution in [2.24, 2.45) is 0 Å². The molecule has 2 aliphatic rings. The highest BCUT2D eigenvalue weighted by atomic mass is 16.5. The molecular formula is C42H27B2NO2. The standard InChI is InChI=1S/C42H27B2NO2/c1-2-14-28(15-3-1)43-32-19-7-12-24-38(32)46-40-27-26-34-42(41(40)43)47-39-25-13-8-20-33(39)44(34)31-18-6-11-23-37(31)45-35-21-9-4-16-29(35)30-17-5-10-22-36(30)45/h1-27H. The van der Waals surface area contributed by atoms with E-state index in [-0.39, 0.29) is 13.4 Å². The molecule has 1 aromatic heterocycles. The van der Waals surface area contributed by atoms with Crippen LogP contribution in [0.25, 0.3) is 27.5 Å². The molecule has 0 N–H and O–H groups in total. The second-order valence-corrected chi connectivity index (χ2v) is 12.4. The summed E-state index contributed by atoms with van der Waals surface area (Å²) in [7, 11) is 0. The van der Waals surface area contributed by atoms with Gasteiger partial charge in [-0.15, -0.1) is 0 Å². The van der Waals surface area contributed by atoms with Crippen molar-refractivity contribution in [2.75, 3.05) is 0 Å². The SMILES string of the molecule is c1ccc(B2c3ccccc3Oc3ccc4c(c32)Oc2ccccc2B4c2ccccc2-n2c3ccccc3c3ccccc32)cc1. The minimum absolute atomic E-state index is 0.0374. The molecule has 47 heavy (non-hydrogen) atoms. The average Bonchev–Trinajstić information content (AvgIpc) is 3.47. The summed E-state index contributed by atoms with van der Waals surface area (Å²) >= 11 is 0. The van der Waals surface area contributed by atoms with Gasteiger partial charge >= 0.3 is 0 Å². The largest absolute Gasteiger partial charge is 0.459 e. The summed E-state index contributed by atoms with van der Waals surface area (Å²) < 4.78 is 16.0. The van der Waals surface area contributed by atoms with Gasteiger partial charge < -0.3 is 14.0 Å². The first-order valence-corrected chi connectivity index (χ1v) is 16.2. The Balaban J connectivity index is 1.26. The van der Waals surface area contributed by atoms with E-state index in [2.05, 4.69) is 162 Å². The number of hydrogen-bond donors (Lipinski definition) is 0. The van der Waals surface area contributed by atoms with Crippen molar-refractivity contribution >= 4 is 68.0 Å². The maximum absolute atomic E-state index is 6.98. The van der Waals surface area contributed by atoms with Crippen LogP contribution < -0.4 is 42.3 Å². The molecule has 5 heteroatoms. The van der Waals surface area contributed by atoms with E-state index in [1.807, 2.05) is 6.07 Å². The van der Waals surface area contributed by atoms with Gasteiger partial charge in [0.25, 0.3) is 13.4 Å². The Labute approximate surface area is 273 Å². The van der Waals surface area contributed by atoms with Crippen LogP contribution in [0.15, 0.2) is 164 Å². The van der Waals surface area contributed by atoms with Crippen molar-refractivity contribution in [3.63, 3.8) is 0 Å². The maximum Gasteiger partial charge on any atom is 0.255 e. The van der Waals surface area contributed by atoms with Gasteiger partial charge in [-0.1, -0.05) is 133 Å². The molecule has 7 aromatic carbocycles. The summed E-state index contributed by atoms with van der Waals surface area (Å²) in [5.74, 6) is 3.48. The number of benzene rings is 7. The second-order valence-electron chi connectivity index (χ2n) is 12.4. The number of para-hydroxylation sites is 5. The van der Waals surface area contributed by atoms with Gasteiger partial charge in [0.15, 0.2) is 0 Å². The van der Waals surface area contributed by atoms with Crippen LogP contribution in [0.2, 0.25) is 0 Å². The van der Waals surface area contributed by atoms with E-state index in [1.165, 1.54) is 32.7 Å². The van der Waals surface area contributed by atoms with Crippen LogP contribution in [0.3, 0.4) is 0 Å². The van der Waals surface area contributed by atoms with Gasteiger partial charge in [0, 0.05) is 21.9 Å². The Hall–Kier alpha value is -5.93. The van der Waals surface area contributed by atoms with Crippen LogP contribution in [0.1, 0.15) is 0 Å². The number of rotatable bonds is 3. The predicted molar refractivity (Wildman–Crippen MR) is 196 cm³/mol. The normalized spacial score (nSPS) is 12.9. The minimum Gasteiger partial charge on any atom is -0.459 e. The van der Waals surface area contributed by atoms with Crippen molar-refractivity contribution in [1.82, 2.24) is 4.57 Å². The van der Waals surface area contributed by atoms with E-state index in [0.717, 1.165) is 50.5 Å². The summed E-state index contributed by atoms with van der Waals surface area (Å²) in [5.41, 5.74) is 10.5. The van der Waals surface area contributed by atoms with E-state index in [9.17, 15) is 0 Å². The molecule has 0 atom stereocenters. The molecule has 0 aliphatic carbocycles. The highest BCUT2D eigenvalue weighted by molar-refractivity contribution is 7.00.